The maximum Gasteiger partial charge on any atom is 0.331 e. The quantitative estimate of drug-likeness (QED) is 0.363. The summed E-state index contributed by atoms with van der Waals surface area (Å²) >= 11 is 1.23. The number of nitrogens with one attached hydrogen (secondary N) is 2. The van der Waals surface area contributed by atoms with Crippen LogP contribution in [0.1, 0.15) is 40.9 Å². The van der Waals surface area contributed by atoms with Crippen LogP contribution in [0.5, 0.6) is 0 Å². The summed E-state index contributed by atoms with van der Waals surface area (Å²) in [7, 11) is 0. The first-order chi connectivity index (χ1) is 18.4. The third-order valence-electron chi connectivity index (χ3n) is 7.23. The Kier molecular flexibility index (Phi) is 6.08. The molecule has 3 aliphatic rings. The van der Waals surface area contributed by atoms with Gasteiger partial charge in [-0.05, 0) is 56.2 Å². The van der Waals surface area contributed by atoms with Gasteiger partial charge in [0, 0.05) is 25.3 Å². The van der Waals surface area contributed by atoms with E-state index in [0.29, 0.717) is 40.1 Å². The summed E-state index contributed by atoms with van der Waals surface area (Å²) in [5.74, 6) is -0.256. The number of para-hydroxylation sites is 1. The highest BCUT2D eigenvalue weighted by Crippen LogP contribution is 2.46. The number of aryl methyl sites for hydroxylation is 1. The number of amides is 4. The van der Waals surface area contributed by atoms with Crippen molar-refractivity contribution < 1.29 is 14.4 Å². The second-order valence-electron chi connectivity index (χ2n) is 9.96. The number of nitrogens with zero attached hydrogens (tertiary/aromatic N) is 4. The van der Waals surface area contributed by atoms with E-state index in [-0.39, 0.29) is 29.5 Å². The lowest BCUT2D eigenvalue weighted by molar-refractivity contribution is -0.128. The number of urea groups is 1. The Morgan fingerprint density at radius 2 is 2.03 bits per heavy atom. The van der Waals surface area contributed by atoms with Gasteiger partial charge in [0.25, 0.3) is 11.8 Å². The number of benzene rings is 1. The van der Waals surface area contributed by atoms with Gasteiger partial charge in [0.2, 0.25) is 0 Å². The summed E-state index contributed by atoms with van der Waals surface area (Å²) in [5.41, 5.74) is 3.04. The van der Waals surface area contributed by atoms with Crippen molar-refractivity contribution in [3.8, 4) is 6.07 Å². The number of aromatic nitrogens is 1. The maximum absolute atomic E-state index is 13.5. The lowest BCUT2D eigenvalue weighted by Crippen LogP contribution is -2.50. The standard InChI is InChI=1S/C28H26N6O3S/c1-16-5-2-3-7-20(16)34-21-10-11-30-26-22(21)23(32-28(34)37)24(38-26)25(35)31-19-6-4-12-33(15-19)27(36)18(14-29)13-17-8-9-17/h2-3,5,7,10-11,13,17,19H,4,6,8-9,12,15H2,1H3,(H,31,35)(H,32,37)/b18-13+/t19-/m1/s1. The molecular weight excluding hydrogens is 500 g/mol. The van der Waals surface area contributed by atoms with Crippen LogP contribution in [0.2, 0.25) is 0 Å². The van der Waals surface area contributed by atoms with Gasteiger partial charge in [-0.3, -0.25) is 14.5 Å². The summed E-state index contributed by atoms with van der Waals surface area (Å²) in [6, 6.07) is 10.9. The molecule has 1 saturated carbocycles. The van der Waals surface area contributed by atoms with Crippen LogP contribution >= 0.6 is 11.3 Å². The van der Waals surface area contributed by atoms with Crippen LogP contribution in [-0.4, -0.2) is 46.9 Å². The second-order valence-corrected chi connectivity index (χ2v) is 11.0. The van der Waals surface area contributed by atoms with E-state index in [1.54, 1.807) is 28.1 Å². The van der Waals surface area contributed by atoms with Crippen molar-refractivity contribution in [2.24, 2.45) is 5.92 Å². The van der Waals surface area contributed by atoms with Crippen LogP contribution in [0.3, 0.4) is 0 Å². The smallest absolute Gasteiger partial charge is 0.331 e. The van der Waals surface area contributed by atoms with Gasteiger partial charge in [0.05, 0.1) is 22.4 Å². The van der Waals surface area contributed by atoms with Crippen molar-refractivity contribution in [1.82, 2.24) is 15.2 Å². The molecule has 1 atom stereocenters. The molecule has 3 aromatic rings. The predicted octanol–water partition coefficient (Wildman–Crippen LogP) is 4.87. The largest absolute Gasteiger partial charge is 0.347 e. The molecule has 10 heteroatoms. The Bertz CT molecular complexity index is 1550. The molecule has 9 nitrogen and oxygen atoms in total. The number of rotatable bonds is 5. The lowest BCUT2D eigenvalue weighted by atomic mass is 10.0. The first-order valence-electron chi connectivity index (χ1n) is 12.7. The number of carbonyl (C=O) groups excluding carboxylic acids is 3. The molecule has 2 N–H and O–H groups in total. The molecule has 192 valence electrons. The van der Waals surface area contributed by atoms with Crippen LogP contribution in [0.15, 0.2) is 48.2 Å². The monoisotopic (exact) mass is 526 g/mol. The fourth-order valence-corrected chi connectivity index (χ4v) is 6.18. The van der Waals surface area contributed by atoms with E-state index in [1.807, 2.05) is 37.3 Å². The molecule has 2 fully saturated rings. The molecule has 1 aromatic carbocycles. The number of thiophene rings is 1. The number of likely N-dealkylation sites (tertiary alicyclic amines) is 1. The van der Waals surface area contributed by atoms with Crippen LogP contribution in [-0.2, 0) is 4.79 Å². The topological polar surface area (TPSA) is 118 Å². The Hall–Kier alpha value is -4.23. The molecule has 0 radical (unpaired) electrons. The van der Waals surface area contributed by atoms with E-state index in [1.165, 1.54) is 11.3 Å². The van der Waals surface area contributed by atoms with Gasteiger partial charge in [-0.1, -0.05) is 24.3 Å². The number of hydrogen-bond acceptors (Lipinski definition) is 6. The molecule has 38 heavy (non-hydrogen) atoms. The summed E-state index contributed by atoms with van der Waals surface area (Å²) in [6.07, 6.45) is 6.91. The highest BCUT2D eigenvalue weighted by atomic mass is 32.1. The lowest BCUT2D eigenvalue weighted by Gasteiger charge is -2.33. The van der Waals surface area contributed by atoms with Crippen molar-refractivity contribution >= 4 is 56.5 Å². The Morgan fingerprint density at radius 3 is 2.79 bits per heavy atom. The molecule has 6 rings (SSSR count). The van der Waals surface area contributed by atoms with Crippen molar-refractivity contribution in [2.75, 3.05) is 23.3 Å². The molecule has 4 heterocycles. The second kappa shape index (κ2) is 9.58. The number of allylic oxidation sites excluding steroid dienone is 1. The number of pyridine rings is 1. The molecule has 1 aliphatic carbocycles. The van der Waals surface area contributed by atoms with Gasteiger partial charge >= 0.3 is 6.03 Å². The molecule has 1 saturated heterocycles. The number of carbonyl (C=O) groups is 3. The third-order valence-corrected chi connectivity index (χ3v) is 8.32. The predicted molar refractivity (Wildman–Crippen MR) is 145 cm³/mol. The fraction of sp³-hybridized carbons (Fsp3) is 0.321. The number of anilines is 3. The van der Waals surface area contributed by atoms with Gasteiger partial charge in [0.15, 0.2) is 0 Å². The zero-order valence-corrected chi connectivity index (χ0v) is 21.7. The number of piperidine rings is 1. The average Bonchev–Trinajstić information content (AvgIpc) is 3.67. The molecule has 4 amide bonds. The SMILES string of the molecule is Cc1ccccc1N1C(=O)Nc2c(C(=O)N[C@@H]3CCCN(C(=O)/C(C#N)=C/C4CC4)C3)sc3nccc1c23. The Labute approximate surface area is 223 Å². The molecule has 2 aliphatic heterocycles. The molecule has 0 spiro atoms. The summed E-state index contributed by atoms with van der Waals surface area (Å²) < 4.78 is 0. The molecule has 0 bridgehead atoms. The van der Waals surface area contributed by atoms with Gasteiger partial charge in [0.1, 0.15) is 21.3 Å². The van der Waals surface area contributed by atoms with Crippen molar-refractivity contribution in [1.29, 1.82) is 5.26 Å². The molecule has 0 unspecified atom stereocenters. The van der Waals surface area contributed by atoms with E-state index in [0.717, 1.165) is 42.3 Å². The summed E-state index contributed by atoms with van der Waals surface area (Å²) in [6.45, 7) is 2.84. The zero-order valence-electron chi connectivity index (χ0n) is 20.9. The Morgan fingerprint density at radius 1 is 1.21 bits per heavy atom. The van der Waals surface area contributed by atoms with Crippen LogP contribution in [0.4, 0.5) is 21.9 Å². The number of hydrogen-bond donors (Lipinski definition) is 2. The van der Waals surface area contributed by atoms with E-state index >= 15 is 0 Å². The number of nitriles is 1. The minimum Gasteiger partial charge on any atom is -0.347 e. The highest BCUT2D eigenvalue weighted by Gasteiger charge is 2.34. The van der Waals surface area contributed by atoms with Gasteiger partial charge < -0.3 is 15.5 Å². The molecular formula is C28H26N6O3S. The van der Waals surface area contributed by atoms with Crippen LogP contribution in [0, 0.1) is 24.2 Å². The van der Waals surface area contributed by atoms with Gasteiger partial charge in [-0.25, -0.2) is 9.78 Å². The first-order valence-corrected chi connectivity index (χ1v) is 13.6. The van der Waals surface area contributed by atoms with Crippen LogP contribution in [0.25, 0.3) is 10.2 Å². The summed E-state index contributed by atoms with van der Waals surface area (Å²) in [4.78, 5) is 48.5. The first kappa shape index (κ1) is 24.1. The zero-order chi connectivity index (χ0) is 26.4. The van der Waals surface area contributed by atoms with Crippen LogP contribution < -0.4 is 15.5 Å². The Balaban J connectivity index is 1.25. The summed E-state index contributed by atoms with van der Waals surface area (Å²) in [5, 5.41) is 16.2. The minimum atomic E-state index is -0.340. The van der Waals surface area contributed by atoms with E-state index in [2.05, 4.69) is 15.6 Å². The normalized spacial score (nSPS) is 19.2. The van der Waals surface area contributed by atoms with Crippen molar-refractivity contribution in [3.05, 3.63) is 58.6 Å². The van der Waals surface area contributed by atoms with Crippen molar-refractivity contribution in [3.63, 3.8) is 0 Å². The highest BCUT2D eigenvalue weighted by molar-refractivity contribution is 7.21. The minimum absolute atomic E-state index is 0.188. The third kappa shape index (κ3) is 4.29. The van der Waals surface area contributed by atoms with Gasteiger partial charge in [-0.15, -0.1) is 11.3 Å². The van der Waals surface area contributed by atoms with E-state index in [9.17, 15) is 19.6 Å². The molecule has 2 aromatic heterocycles. The van der Waals surface area contributed by atoms with Gasteiger partial charge in [-0.2, -0.15) is 5.26 Å². The van der Waals surface area contributed by atoms with E-state index < -0.39 is 0 Å². The maximum atomic E-state index is 13.5. The average molecular weight is 527 g/mol. The van der Waals surface area contributed by atoms with Crippen molar-refractivity contribution in [2.45, 2.75) is 38.6 Å². The van der Waals surface area contributed by atoms with E-state index in [4.69, 9.17) is 0 Å². The fourth-order valence-electron chi connectivity index (χ4n) is 5.15.